The van der Waals surface area contributed by atoms with E-state index in [1.165, 1.54) is 17.5 Å². The van der Waals surface area contributed by atoms with Gasteiger partial charge in [0, 0.05) is 0 Å². The smallest absolute Gasteiger partial charge is 0.261 e. The van der Waals surface area contributed by atoms with Crippen molar-refractivity contribution in [2.24, 2.45) is 0 Å². The lowest BCUT2D eigenvalue weighted by Gasteiger charge is -2.00. The van der Waals surface area contributed by atoms with E-state index < -0.39 is 0 Å². The third-order valence-electron chi connectivity index (χ3n) is 1.99. The Morgan fingerprint density at radius 3 is 3.27 bits per heavy atom. The summed E-state index contributed by atoms with van der Waals surface area (Å²) in [6.45, 7) is 0. The van der Waals surface area contributed by atoms with Gasteiger partial charge < -0.3 is 10.1 Å². The van der Waals surface area contributed by atoms with E-state index in [4.69, 9.17) is 4.74 Å². The lowest BCUT2D eigenvalue weighted by molar-refractivity contribution is 0.102. The molecule has 5 nitrogen and oxygen atoms in total. The Balaban J connectivity index is 2.19. The monoisotopic (exact) mass is 219 g/mol. The summed E-state index contributed by atoms with van der Waals surface area (Å²) in [6.07, 6.45) is 1.46. The molecule has 15 heavy (non-hydrogen) atoms. The van der Waals surface area contributed by atoms with Gasteiger partial charge >= 0.3 is 0 Å². The van der Waals surface area contributed by atoms with Gasteiger partial charge in [-0.3, -0.25) is 4.79 Å². The zero-order valence-corrected chi connectivity index (χ0v) is 8.25. The van der Waals surface area contributed by atoms with Crippen LogP contribution in [-0.2, 0) is 0 Å². The number of aromatic nitrogens is 2. The number of rotatable bonds is 0. The van der Waals surface area contributed by atoms with E-state index in [2.05, 4.69) is 15.5 Å². The molecule has 0 aliphatic carbocycles. The van der Waals surface area contributed by atoms with Gasteiger partial charge in [0.25, 0.3) is 11.8 Å². The van der Waals surface area contributed by atoms with Crippen molar-refractivity contribution in [1.82, 2.24) is 10.2 Å². The molecule has 0 spiro atoms. The van der Waals surface area contributed by atoms with Crippen LogP contribution in [0.4, 0.5) is 5.00 Å². The number of anilines is 1. The molecular formula is C9H5N3O2S. The maximum absolute atomic E-state index is 11.7. The average molecular weight is 219 g/mol. The highest BCUT2D eigenvalue weighted by atomic mass is 32.1. The maximum atomic E-state index is 11.7. The van der Waals surface area contributed by atoms with Gasteiger partial charge in [-0.15, -0.1) is 16.4 Å². The Bertz CT molecular complexity index is 538. The summed E-state index contributed by atoms with van der Waals surface area (Å²) in [5.41, 5.74) is 0.397. The van der Waals surface area contributed by atoms with Crippen LogP contribution in [0, 0.1) is 0 Å². The topological polar surface area (TPSA) is 64.1 Å². The fourth-order valence-corrected chi connectivity index (χ4v) is 2.02. The number of nitrogens with zero attached hydrogens (tertiary/aromatic N) is 2. The maximum Gasteiger partial charge on any atom is 0.261 e. The van der Waals surface area contributed by atoms with Crippen molar-refractivity contribution in [3.05, 3.63) is 29.3 Å². The number of hydrogen-bond acceptors (Lipinski definition) is 5. The second-order valence-electron chi connectivity index (χ2n) is 2.92. The third-order valence-corrected chi connectivity index (χ3v) is 2.81. The van der Waals surface area contributed by atoms with Crippen LogP contribution in [-0.4, -0.2) is 16.1 Å². The van der Waals surface area contributed by atoms with Crippen LogP contribution in [0.15, 0.2) is 23.7 Å². The predicted octanol–water partition coefficient (Wildman–Crippen LogP) is 1.90. The summed E-state index contributed by atoms with van der Waals surface area (Å²) in [5.74, 6) is 0.626. The number of carbonyl (C=O) groups is 1. The molecule has 0 radical (unpaired) electrons. The Hall–Kier alpha value is -1.95. The fourth-order valence-electron chi connectivity index (χ4n) is 1.31. The number of hydrogen-bond donors (Lipinski definition) is 1. The number of amides is 1. The Morgan fingerprint density at radius 2 is 2.33 bits per heavy atom. The molecule has 3 heterocycles. The molecule has 2 aromatic heterocycles. The Labute approximate surface area is 88.7 Å². The van der Waals surface area contributed by atoms with E-state index in [-0.39, 0.29) is 11.8 Å². The molecule has 0 fully saturated rings. The molecule has 0 unspecified atom stereocenters. The molecule has 74 valence electrons. The van der Waals surface area contributed by atoms with E-state index in [1.807, 2.05) is 5.38 Å². The number of thiophene rings is 1. The van der Waals surface area contributed by atoms with Crippen LogP contribution in [0.5, 0.6) is 11.6 Å². The van der Waals surface area contributed by atoms with Gasteiger partial charge in [0.15, 0.2) is 5.75 Å². The normalized spacial score (nSPS) is 13.2. The molecule has 0 atom stereocenters. The van der Waals surface area contributed by atoms with Crippen molar-refractivity contribution in [3.63, 3.8) is 0 Å². The van der Waals surface area contributed by atoms with Gasteiger partial charge in [-0.05, 0) is 17.5 Å². The first-order valence-corrected chi connectivity index (χ1v) is 5.11. The highest BCUT2D eigenvalue weighted by molar-refractivity contribution is 7.14. The van der Waals surface area contributed by atoms with Crippen molar-refractivity contribution in [2.45, 2.75) is 0 Å². The summed E-state index contributed by atoms with van der Waals surface area (Å²) < 4.78 is 5.47. The molecule has 0 aromatic carbocycles. The molecular weight excluding hydrogens is 214 g/mol. The van der Waals surface area contributed by atoms with E-state index >= 15 is 0 Å². The summed E-state index contributed by atoms with van der Waals surface area (Å²) in [7, 11) is 0. The fraction of sp³-hybridized carbons (Fsp3) is 0. The molecule has 1 aliphatic heterocycles. The predicted molar refractivity (Wildman–Crippen MR) is 54.4 cm³/mol. The number of ether oxygens (including phenoxy) is 1. The van der Waals surface area contributed by atoms with Crippen LogP contribution in [0.25, 0.3) is 0 Å². The number of nitrogens with one attached hydrogen (secondary N) is 1. The molecule has 1 amide bonds. The second-order valence-corrected chi connectivity index (χ2v) is 3.84. The summed E-state index contributed by atoms with van der Waals surface area (Å²) in [4.78, 5) is 11.7. The van der Waals surface area contributed by atoms with Crippen molar-refractivity contribution in [2.75, 3.05) is 5.32 Å². The zero-order valence-electron chi connectivity index (χ0n) is 7.43. The number of carbonyl (C=O) groups excluding carboxylic acids is 1. The molecule has 2 aromatic rings. The standard InChI is InChI=1S/C9H5N3O2S/c13-7-5-1-3-10-12-8(5)14-6-2-4-15-9(6)11-7/h1-4H,(H,11,13). The first-order valence-electron chi connectivity index (χ1n) is 4.23. The summed E-state index contributed by atoms with van der Waals surface area (Å²) >= 11 is 1.41. The lowest BCUT2D eigenvalue weighted by Crippen LogP contribution is -2.10. The zero-order chi connectivity index (χ0) is 10.3. The van der Waals surface area contributed by atoms with Crippen LogP contribution in [0.1, 0.15) is 10.4 Å². The molecule has 3 rings (SSSR count). The van der Waals surface area contributed by atoms with Crippen molar-refractivity contribution in [1.29, 1.82) is 0 Å². The molecule has 1 N–H and O–H groups in total. The number of fused-ring (bicyclic) bond motifs is 2. The Morgan fingerprint density at radius 1 is 1.40 bits per heavy atom. The SMILES string of the molecule is O=C1Nc2sccc2Oc2nnccc21. The quantitative estimate of drug-likeness (QED) is 0.734. The molecule has 0 saturated heterocycles. The van der Waals surface area contributed by atoms with Gasteiger partial charge in [-0.2, -0.15) is 5.10 Å². The van der Waals surface area contributed by atoms with Crippen LogP contribution in [0.2, 0.25) is 0 Å². The highest BCUT2D eigenvalue weighted by Crippen LogP contribution is 2.37. The van der Waals surface area contributed by atoms with Crippen LogP contribution < -0.4 is 10.1 Å². The largest absolute Gasteiger partial charge is 0.434 e. The first kappa shape index (κ1) is 8.37. The first-order chi connectivity index (χ1) is 7.34. The van der Waals surface area contributed by atoms with Crippen LogP contribution >= 0.6 is 11.3 Å². The average Bonchev–Trinajstić information content (AvgIpc) is 2.61. The summed E-state index contributed by atoms with van der Waals surface area (Å²) in [6, 6.07) is 3.36. The molecule has 6 heteroatoms. The summed E-state index contributed by atoms with van der Waals surface area (Å²) in [5, 5.41) is 12.7. The van der Waals surface area contributed by atoms with Crippen molar-refractivity contribution < 1.29 is 9.53 Å². The van der Waals surface area contributed by atoms with E-state index in [9.17, 15) is 4.79 Å². The Kier molecular flexibility index (Phi) is 1.69. The van der Waals surface area contributed by atoms with Gasteiger partial charge in [0.05, 0.1) is 6.20 Å². The minimum absolute atomic E-state index is 0.221. The van der Waals surface area contributed by atoms with Gasteiger partial charge in [-0.1, -0.05) is 0 Å². The van der Waals surface area contributed by atoms with Gasteiger partial charge in [0.1, 0.15) is 10.6 Å². The van der Waals surface area contributed by atoms with E-state index in [0.29, 0.717) is 16.3 Å². The lowest BCUT2D eigenvalue weighted by atomic mass is 10.3. The minimum atomic E-state index is -0.221. The molecule has 1 aliphatic rings. The molecule has 0 bridgehead atoms. The molecule has 0 saturated carbocycles. The third kappa shape index (κ3) is 1.26. The van der Waals surface area contributed by atoms with E-state index in [0.717, 1.165) is 0 Å². The van der Waals surface area contributed by atoms with Crippen molar-refractivity contribution in [3.8, 4) is 11.6 Å². The van der Waals surface area contributed by atoms with Crippen LogP contribution in [0.3, 0.4) is 0 Å². The minimum Gasteiger partial charge on any atom is -0.434 e. The van der Waals surface area contributed by atoms with Crippen molar-refractivity contribution >= 4 is 22.2 Å². The van der Waals surface area contributed by atoms with Gasteiger partial charge in [-0.25, -0.2) is 0 Å². The second kappa shape index (κ2) is 3.03. The highest BCUT2D eigenvalue weighted by Gasteiger charge is 2.22. The van der Waals surface area contributed by atoms with E-state index in [1.54, 1.807) is 12.1 Å². The van der Waals surface area contributed by atoms with Gasteiger partial charge in [0.2, 0.25) is 0 Å².